The van der Waals surface area contributed by atoms with Crippen molar-refractivity contribution in [2.24, 2.45) is 5.73 Å². The number of rotatable bonds is 4. The van der Waals surface area contributed by atoms with E-state index in [1.165, 1.54) is 13.2 Å². The van der Waals surface area contributed by atoms with Gasteiger partial charge in [-0.05, 0) is 31.0 Å². The number of benzene rings is 1. The van der Waals surface area contributed by atoms with Gasteiger partial charge < -0.3 is 15.6 Å². The predicted octanol–water partition coefficient (Wildman–Crippen LogP) is 1.99. The fourth-order valence-corrected chi connectivity index (χ4v) is 1.60. The van der Waals surface area contributed by atoms with Crippen LogP contribution in [0.1, 0.15) is 24.8 Å². The minimum absolute atomic E-state index is 0.0722. The van der Waals surface area contributed by atoms with E-state index in [4.69, 9.17) is 10.5 Å². The Bertz CT molecular complexity index is 342. The molecule has 1 atom stereocenters. The molecule has 0 fully saturated rings. The van der Waals surface area contributed by atoms with Crippen molar-refractivity contribution in [2.75, 3.05) is 13.7 Å². The maximum Gasteiger partial charge on any atom is 0.171 e. The standard InChI is InChI=1S/C11H16FNO2/c1-7(5-6-13)10-9(15-2)4-3-8(14)11(10)12/h3-4,7,14H,5-6,13H2,1-2H3. The molecule has 84 valence electrons. The van der Waals surface area contributed by atoms with Gasteiger partial charge in [0.25, 0.3) is 0 Å². The van der Waals surface area contributed by atoms with Crippen molar-refractivity contribution in [3.63, 3.8) is 0 Å². The van der Waals surface area contributed by atoms with E-state index in [9.17, 15) is 9.50 Å². The highest BCUT2D eigenvalue weighted by Gasteiger charge is 2.18. The van der Waals surface area contributed by atoms with Crippen molar-refractivity contribution in [2.45, 2.75) is 19.3 Å². The lowest BCUT2D eigenvalue weighted by Gasteiger charge is -2.16. The summed E-state index contributed by atoms with van der Waals surface area (Å²) in [5.41, 5.74) is 5.81. The second-order valence-corrected chi connectivity index (χ2v) is 3.49. The Kier molecular flexibility index (Phi) is 3.91. The summed E-state index contributed by atoms with van der Waals surface area (Å²) in [5.74, 6) is -0.590. The first-order chi connectivity index (χ1) is 7.11. The van der Waals surface area contributed by atoms with Crippen LogP contribution in [0.25, 0.3) is 0 Å². The van der Waals surface area contributed by atoms with Crippen LogP contribution < -0.4 is 10.5 Å². The number of phenolic OH excluding ortho intramolecular Hbond substituents is 1. The van der Waals surface area contributed by atoms with Crippen LogP contribution in [-0.4, -0.2) is 18.8 Å². The smallest absolute Gasteiger partial charge is 0.171 e. The van der Waals surface area contributed by atoms with E-state index in [0.29, 0.717) is 24.3 Å². The molecule has 1 unspecified atom stereocenters. The zero-order valence-corrected chi connectivity index (χ0v) is 8.96. The van der Waals surface area contributed by atoms with Gasteiger partial charge in [0, 0.05) is 5.56 Å². The molecule has 1 aromatic rings. The molecular weight excluding hydrogens is 197 g/mol. The molecular formula is C11H16FNO2. The van der Waals surface area contributed by atoms with Crippen LogP contribution in [0.5, 0.6) is 11.5 Å². The van der Waals surface area contributed by atoms with Gasteiger partial charge in [0.2, 0.25) is 0 Å². The lowest BCUT2D eigenvalue weighted by molar-refractivity contribution is 0.384. The molecule has 0 aliphatic heterocycles. The van der Waals surface area contributed by atoms with Crippen molar-refractivity contribution in [3.8, 4) is 11.5 Å². The first-order valence-electron chi connectivity index (χ1n) is 4.87. The summed E-state index contributed by atoms with van der Waals surface area (Å²) < 4.78 is 18.7. The predicted molar refractivity (Wildman–Crippen MR) is 56.7 cm³/mol. The van der Waals surface area contributed by atoms with Crippen LogP contribution in [0.3, 0.4) is 0 Å². The van der Waals surface area contributed by atoms with Gasteiger partial charge in [-0.15, -0.1) is 0 Å². The molecule has 0 aromatic heterocycles. The van der Waals surface area contributed by atoms with Gasteiger partial charge >= 0.3 is 0 Å². The number of ether oxygens (including phenoxy) is 1. The third kappa shape index (κ3) is 2.39. The molecule has 3 N–H and O–H groups in total. The Balaban J connectivity index is 3.17. The number of halogens is 1. The molecule has 1 rings (SSSR count). The molecule has 0 radical (unpaired) electrons. The van der Waals surface area contributed by atoms with Gasteiger partial charge in [-0.3, -0.25) is 0 Å². The number of methoxy groups -OCH3 is 1. The number of hydrogen-bond acceptors (Lipinski definition) is 3. The molecule has 0 heterocycles. The molecule has 0 amide bonds. The quantitative estimate of drug-likeness (QED) is 0.804. The maximum absolute atomic E-state index is 13.7. The third-order valence-corrected chi connectivity index (χ3v) is 2.43. The van der Waals surface area contributed by atoms with Gasteiger partial charge in [-0.2, -0.15) is 0 Å². The number of hydrogen-bond donors (Lipinski definition) is 2. The maximum atomic E-state index is 13.7. The fraction of sp³-hybridized carbons (Fsp3) is 0.455. The first kappa shape index (κ1) is 11.8. The van der Waals surface area contributed by atoms with Crippen LogP contribution in [-0.2, 0) is 0 Å². The van der Waals surface area contributed by atoms with E-state index < -0.39 is 5.82 Å². The van der Waals surface area contributed by atoms with Crippen molar-refractivity contribution in [1.29, 1.82) is 0 Å². The largest absolute Gasteiger partial charge is 0.505 e. The van der Waals surface area contributed by atoms with Gasteiger partial charge in [-0.1, -0.05) is 6.92 Å². The summed E-state index contributed by atoms with van der Waals surface area (Å²) >= 11 is 0. The van der Waals surface area contributed by atoms with E-state index in [2.05, 4.69) is 0 Å². The van der Waals surface area contributed by atoms with Crippen molar-refractivity contribution >= 4 is 0 Å². The van der Waals surface area contributed by atoms with Gasteiger partial charge in [0.05, 0.1) is 7.11 Å². The van der Waals surface area contributed by atoms with Gasteiger partial charge in [-0.25, -0.2) is 4.39 Å². The van der Waals surface area contributed by atoms with Crippen LogP contribution >= 0.6 is 0 Å². The molecule has 4 heteroatoms. The van der Waals surface area contributed by atoms with E-state index >= 15 is 0 Å². The van der Waals surface area contributed by atoms with Crippen molar-refractivity contribution < 1.29 is 14.2 Å². The van der Waals surface area contributed by atoms with Crippen LogP contribution in [0, 0.1) is 5.82 Å². The highest BCUT2D eigenvalue weighted by Crippen LogP contribution is 2.35. The first-order valence-corrected chi connectivity index (χ1v) is 4.87. The summed E-state index contributed by atoms with van der Waals surface area (Å²) in [7, 11) is 1.48. The van der Waals surface area contributed by atoms with Gasteiger partial charge in [0.1, 0.15) is 5.75 Å². The van der Waals surface area contributed by atoms with E-state index in [1.54, 1.807) is 6.07 Å². The monoisotopic (exact) mass is 213 g/mol. The molecule has 1 aromatic carbocycles. The molecule has 0 aliphatic carbocycles. The Morgan fingerprint density at radius 3 is 2.73 bits per heavy atom. The summed E-state index contributed by atoms with van der Waals surface area (Å²) in [6.07, 6.45) is 0.650. The highest BCUT2D eigenvalue weighted by molar-refractivity contribution is 5.43. The Morgan fingerprint density at radius 2 is 2.20 bits per heavy atom. The average molecular weight is 213 g/mol. The molecule has 0 spiro atoms. The number of phenols is 1. The summed E-state index contributed by atoms with van der Waals surface area (Å²) in [6.45, 7) is 2.33. The lowest BCUT2D eigenvalue weighted by Crippen LogP contribution is -2.07. The second-order valence-electron chi connectivity index (χ2n) is 3.49. The molecule has 3 nitrogen and oxygen atoms in total. The SMILES string of the molecule is COc1ccc(O)c(F)c1C(C)CCN. The summed E-state index contributed by atoms with van der Waals surface area (Å²) in [5, 5.41) is 9.28. The van der Waals surface area contributed by atoms with Crippen LogP contribution in [0.4, 0.5) is 4.39 Å². The average Bonchev–Trinajstić information content (AvgIpc) is 2.22. The van der Waals surface area contributed by atoms with Crippen molar-refractivity contribution in [3.05, 3.63) is 23.5 Å². The molecule has 15 heavy (non-hydrogen) atoms. The zero-order valence-electron chi connectivity index (χ0n) is 8.96. The van der Waals surface area contributed by atoms with Crippen LogP contribution in [0.15, 0.2) is 12.1 Å². The van der Waals surface area contributed by atoms with Gasteiger partial charge in [0.15, 0.2) is 11.6 Å². The Labute approximate surface area is 88.7 Å². The lowest BCUT2D eigenvalue weighted by atomic mass is 9.96. The molecule has 0 aliphatic rings. The third-order valence-electron chi connectivity index (χ3n) is 2.43. The Hall–Kier alpha value is -1.29. The minimum atomic E-state index is -0.615. The zero-order chi connectivity index (χ0) is 11.4. The Morgan fingerprint density at radius 1 is 1.53 bits per heavy atom. The van der Waals surface area contributed by atoms with Crippen molar-refractivity contribution in [1.82, 2.24) is 0 Å². The second kappa shape index (κ2) is 4.98. The normalized spacial score (nSPS) is 12.5. The highest BCUT2D eigenvalue weighted by atomic mass is 19.1. The minimum Gasteiger partial charge on any atom is -0.505 e. The topological polar surface area (TPSA) is 55.5 Å². The molecule has 0 saturated heterocycles. The fourth-order valence-electron chi connectivity index (χ4n) is 1.60. The number of aromatic hydroxyl groups is 1. The number of nitrogens with two attached hydrogens (primary N) is 1. The van der Waals surface area contributed by atoms with E-state index in [1.807, 2.05) is 6.92 Å². The summed E-state index contributed by atoms with van der Waals surface area (Å²) in [6, 6.07) is 2.84. The van der Waals surface area contributed by atoms with E-state index in [0.717, 1.165) is 0 Å². The van der Waals surface area contributed by atoms with Crippen LogP contribution in [0.2, 0.25) is 0 Å². The molecule has 0 bridgehead atoms. The molecule has 0 saturated carbocycles. The summed E-state index contributed by atoms with van der Waals surface area (Å²) in [4.78, 5) is 0. The van der Waals surface area contributed by atoms with E-state index in [-0.39, 0.29) is 11.7 Å².